The molecule has 0 aromatic carbocycles. The Morgan fingerprint density at radius 1 is 1.38 bits per heavy atom. The van der Waals surface area contributed by atoms with E-state index in [1.165, 1.54) is 13.0 Å². The molecule has 29 heavy (non-hydrogen) atoms. The van der Waals surface area contributed by atoms with Gasteiger partial charge in [0.15, 0.2) is 11.4 Å². The highest BCUT2D eigenvalue weighted by Crippen LogP contribution is 2.33. The van der Waals surface area contributed by atoms with Gasteiger partial charge in [-0.15, -0.1) is 0 Å². The quantitative estimate of drug-likeness (QED) is 0.725. The number of carbonyl (C=O) groups is 3. The molecule has 3 heterocycles. The Morgan fingerprint density at radius 2 is 2.07 bits per heavy atom. The zero-order valence-electron chi connectivity index (χ0n) is 15.1. The normalized spacial score (nSPS) is 19.4. The molecule has 2 aromatic heterocycles. The Labute approximate surface area is 167 Å². The average Bonchev–Trinajstić information content (AvgIpc) is 3.14. The van der Waals surface area contributed by atoms with Crippen LogP contribution in [0.2, 0.25) is 5.02 Å². The molecule has 1 aliphatic heterocycles. The van der Waals surface area contributed by atoms with E-state index in [1.54, 1.807) is 13.0 Å². The Balaban J connectivity index is 1.73. The number of alkyl halides is 3. The lowest BCUT2D eigenvalue weighted by atomic mass is 9.99. The third-order valence-electron chi connectivity index (χ3n) is 4.24. The number of nitrogens with zero attached hydrogens (tertiary/aromatic N) is 2. The maximum atomic E-state index is 12.7. The van der Waals surface area contributed by atoms with Crippen LogP contribution in [0.4, 0.5) is 23.8 Å². The summed E-state index contributed by atoms with van der Waals surface area (Å²) < 4.78 is 43.4. The number of imide groups is 1. The molecule has 1 fully saturated rings. The van der Waals surface area contributed by atoms with Gasteiger partial charge in [-0.1, -0.05) is 11.6 Å². The number of anilines is 1. The van der Waals surface area contributed by atoms with Gasteiger partial charge in [0.2, 0.25) is 5.91 Å². The van der Waals surface area contributed by atoms with E-state index in [4.69, 9.17) is 16.0 Å². The van der Waals surface area contributed by atoms with Crippen LogP contribution in [-0.2, 0) is 21.3 Å². The van der Waals surface area contributed by atoms with Crippen LogP contribution in [0.15, 0.2) is 28.8 Å². The van der Waals surface area contributed by atoms with Gasteiger partial charge in [0.25, 0.3) is 5.91 Å². The zero-order valence-corrected chi connectivity index (χ0v) is 15.8. The summed E-state index contributed by atoms with van der Waals surface area (Å²) in [6.07, 6.45) is -4.14. The monoisotopic (exact) mass is 430 g/mol. The Kier molecular flexibility index (Phi) is 5.03. The number of furan rings is 1. The average molecular weight is 431 g/mol. The first-order valence-corrected chi connectivity index (χ1v) is 8.53. The molecule has 0 aliphatic carbocycles. The lowest BCUT2D eigenvalue weighted by molar-refractivity contribution is -0.137. The van der Waals surface area contributed by atoms with Gasteiger partial charge < -0.3 is 15.1 Å². The van der Waals surface area contributed by atoms with Gasteiger partial charge >= 0.3 is 12.2 Å². The number of hydrogen-bond donors (Lipinski definition) is 2. The SMILES string of the molecule is Cc1ccc(C2(C)NC(=O)N(CC(=O)Nc3ncc(C(F)(F)F)cc3Cl)C2=O)o1. The van der Waals surface area contributed by atoms with Crippen LogP contribution >= 0.6 is 11.6 Å². The third kappa shape index (κ3) is 3.90. The van der Waals surface area contributed by atoms with E-state index in [0.29, 0.717) is 22.9 Å². The number of amides is 4. The van der Waals surface area contributed by atoms with Gasteiger partial charge in [-0.3, -0.25) is 14.5 Å². The first kappa shape index (κ1) is 20.6. The molecule has 2 aromatic rings. The van der Waals surface area contributed by atoms with Gasteiger partial charge in [0.1, 0.15) is 18.1 Å². The zero-order chi connectivity index (χ0) is 21.6. The molecule has 1 atom stereocenters. The number of urea groups is 1. The minimum atomic E-state index is -4.64. The van der Waals surface area contributed by atoms with Crippen LogP contribution in [0.25, 0.3) is 0 Å². The van der Waals surface area contributed by atoms with Crippen molar-refractivity contribution in [3.63, 3.8) is 0 Å². The smallest absolute Gasteiger partial charge is 0.417 e. The lowest BCUT2D eigenvalue weighted by Gasteiger charge is -2.19. The summed E-state index contributed by atoms with van der Waals surface area (Å²) in [5, 5.41) is 4.20. The van der Waals surface area contributed by atoms with Crippen LogP contribution in [0.3, 0.4) is 0 Å². The maximum Gasteiger partial charge on any atom is 0.417 e. The second-order valence-electron chi connectivity index (χ2n) is 6.46. The first-order valence-electron chi connectivity index (χ1n) is 8.15. The number of carbonyl (C=O) groups excluding carboxylic acids is 3. The Morgan fingerprint density at radius 3 is 2.62 bits per heavy atom. The summed E-state index contributed by atoms with van der Waals surface area (Å²) >= 11 is 5.73. The molecule has 12 heteroatoms. The highest BCUT2D eigenvalue weighted by Gasteiger charge is 2.51. The fourth-order valence-electron chi connectivity index (χ4n) is 2.71. The van der Waals surface area contributed by atoms with Crippen molar-refractivity contribution in [3.05, 3.63) is 46.5 Å². The molecule has 154 valence electrons. The molecule has 1 aliphatic rings. The minimum Gasteiger partial charge on any atom is -0.463 e. The predicted molar refractivity (Wildman–Crippen MR) is 93.9 cm³/mol. The topological polar surface area (TPSA) is 105 Å². The number of halogens is 4. The third-order valence-corrected chi connectivity index (χ3v) is 4.52. The van der Waals surface area contributed by atoms with Crippen molar-refractivity contribution in [1.29, 1.82) is 0 Å². The molecule has 1 saturated heterocycles. The van der Waals surface area contributed by atoms with E-state index in [1.807, 2.05) is 0 Å². The number of hydrogen-bond acceptors (Lipinski definition) is 5. The summed E-state index contributed by atoms with van der Waals surface area (Å²) in [6.45, 7) is 2.40. The van der Waals surface area contributed by atoms with Crippen LogP contribution in [0.5, 0.6) is 0 Å². The van der Waals surface area contributed by atoms with Crippen molar-refractivity contribution < 1.29 is 32.0 Å². The van der Waals surface area contributed by atoms with Crippen molar-refractivity contribution in [2.24, 2.45) is 0 Å². The number of aryl methyl sites for hydroxylation is 1. The Hall–Kier alpha value is -3.08. The van der Waals surface area contributed by atoms with Crippen molar-refractivity contribution in [2.75, 3.05) is 11.9 Å². The van der Waals surface area contributed by atoms with Crippen LogP contribution < -0.4 is 10.6 Å². The van der Waals surface area contributed by atoms with E-state index in [-0.39, 0.29) is 11.6 Å². The van der Waals surface area contributed by atoms with E-state index < -0.39 is 46.7 Å². The molecule has 0 saturated carbocycles. The first-order chi connectivity index (χ1) is 13.4. The molecular weight excluding hydrogens is 417 g/mol. The summed E-state index contributed by atoms with van der Waals surface area (Å²) in [7, 11) is 0. The maximum absolute atomic E-state index is 12.7. The highest BCUT2D eigenvalue weighted by atomic mass is 35.5. The molecule has 0 radical (unpaired) electrons. The van der Waals surface area contributed by atoms with E-state index in [0.717, 1.165) is 0 Å². The van der Waals surface area contributed by atoms with Gasteiger partial charge in [-0.25, -0.2) is 9.78 Å². The second-order valence-corrected chi connectivity index (χ2v) is 6.86. The number of aromatic nitrogens is 1. The van der Waals surface area contributed by atoms with Gasteiger partial charge in [-0.05, 0) is 32.0 Å². The van der Waals surface area contributed by atoms with Gasteiger partial charge in [-0.2, -0.15) is 13.2 Å². The molecular formula is C17H14ClF3N4O4. The molecule has 4 amide bonds. The van der Waals surface area contributed by atoms with Crippen molar-refractivity contribution >= 4 is 35.3 Å². The summed E-state index contributed by atoms with van der Waals surface area (Å²) in [5.41, 5.74) is -2.57. The summed E-state index contributed by atoms with van der Waals surface area (Å²) in [4.78, 5) is 41.2. The fraction of sp³-hybridized carbons (Fsp3) is 0.294. The molecule has 8 nitrogen and oxygen atoms in total. The van der Waals surface area contributed by atoms with E-state index in [9.17, 15) is 27.6 Å². The lowest BCUT2D eigenvalue weighted by Crippen LogP contribution is -2.42. The standard InChI is InChI=1S/C17H14ClF3N4O4/c1-8-3-4-11(29-8)16(2)14(27)25(15(28)24-16)7-12(26)23-13-10(18)5-9(6-22-13)17(19,20)21/h3-6H,7H2,1-2H3,(H,24,28)(H,22,23,26). The van der Waals surface area contributed by atoms with E-state index >= 15 is 0 Å². The molecule has 0 spiro atoms. The molecule has 3 rings (SSSR count). The van der Waals surface area contributed by atoms with Crippen LogP contribution in [0.1, 0.15) is 24.0 Å². The number of pyridine rings is 1. The van der Waals surface area contributed by atoms with Gasteiger partial charge in [0, 0.05) is 6.20 Å². The minimum absolute atomic E-state index is 0.198. The molecule has 0 bridgehead atoms. The van der Waals surface area contributed by atoms with Crippen molar-refractivity contribution in [2.45, 2.75) is 25.6 Å². The number of nitrogens with one attached hydrogen (secondary N) is 2. The second kappa shape index (κ2) is 7.07. The fourth-order valence-corrected chi connectivity index (χ4v) is 2.92. The molecule has 1 unspecified atom stereocenters. The van der Waals surface area contributed by atoms with Crippen molar-refractivity contribution in [3.8, 4) is 0 Å². The van der Waals surface area contributed by atoms with E-state index in [2.05, 4.69) is 15.6 Å². The predicted octanol–water partition coefficient (Wildman–Crippen LogP) is 3.06. The van der Waals surface area contributed by atoms with Crippen LogP contribution in [0, 0.1) is 6.92 Å². The molecule has 2 N–H and O–H groups in total. The summed E-state index contributed by atoms with van der Waals surface area (Å²) in [5.74, 6) is -1.20. The van der Waals surface area contributed by atoms with Gasteiger partial charge in [0.05, 0.1) is 10.6 Å². The van der Waals surface area contributed by atoms with Crippen molar-refractivity contribution in [1.82, 2.24) is 15.2 Å². The Bertz CT molecular complexity index is 1010. The van der Waals surface area contributed by atoms with Crippen LogP contribution in [-0.4, -0.2) is 34.3 Å². The summed E-state index contributed by atoms with van der Waals surface area (Å²) in [6, 6.07) is 2.93. The number of rotatable bonds is 4. The highest BCUT2D eigenvalue weighted by molar-refractivity contribution is 6.33. The largest absolute Gasteiger partial charge is 0.463 e.